The SMILES string of the molecule is C[C@@H]1CN(C(=O)COc2c(S(=O)(=O)O)cc3cc(S(=O)(=O)O)ccc3c2N=O)[C@@H](C)CN1Cc1ccc(F)cc1. The van der Waals surface area contributed by atoms with Gasteiger partial charge in [-0.3, -0.25) is 18.8 Å². The van der Waals surface area contributed by atoms with Crippen molar-refractivity contribution in [3.8, 4) is 5.75 Å². The molecular weight excluding hydrogens is 569 g/mol. The van der Waals surface area contributed by atoms with E-state index in [9.17, 15) is 40.0 Å². The zero-order chi connectivity index (χ0) is 29.4. The molecule has 2 atom stereocenters. The van der Waals surface area contributed by atoms with E-state index in [4.69, 9.17) is 4.74 Å². The quantitative estimate of drug-likeness (QED) is 0.291. The molecule has 12 nitrogen and oxygen atoms in total. The van der Waals surface area contributed by atoms with Crippen molar-refractivity contribution >= 4 is 42.6 Å². The predicted octanol–water partition coefficient (Wildman–Crippen LogP) is 3.37. The second-order valence-corrected chi connectivity index (χ2v) is 12.4. The van der Waals surface area contributed by atoms with Crippen LogP contribution in [0.25, 0.3) is 10.8 Å². The van der Waals surface area contributed by atoms with Crippen LogP contribution >= 0.6 is 0 Å². The van der Waals surface area contributed by atoms with Crippen LogP contribution in [0.2, 0.25) is 0 Å². The minimum absolute atomic E-state index is 0.0337. The van der Waals surface area contributed by atoms with E-state index < -0.39 is 54.0 Å². The van der Waals surface area contributed by atoms with Gasteiger partial charge < -0.3 is 9.64 Å². The van der Waals surface area contributed by atoms with Gasteiger partial charge in [0.15, 0.2) is 18.0 Å². The Morgan fingerprint density at radius 3 is 2.27 bits per heavy atom. The summed E-state index contributed by atoms with van der Waals surface area (Å²) in [6.07, 6.45) is 0. The lowest BCUT2D eigenvalue weighted by Gasteiger charge is -2.44. The van der Waals surface area contributed by atoms with Crippen LogP contribution in [0.1, 0.15) is 19.4 Å². The third-order valence-corrected chi connectivity index (χ3v) is 8.45. The Bertz CT molecular complexity index is 1680. The number of hydrogen-bond donors (Lipinski definition) is 2. The van der Waals surface area contributed by atoms with Gasteiger partial charge in [-0.25, -0.2) is 4.39 Å². The van der Waals surface area contributed by atoms with Crippen LogP contribution < -0.4 is 4.74 Å². The first-order chi connectivity index (χ1) is 18.7. The third kappa shape index (κ3) is 6.28. The van der Waals surface area contributed by atoms with Crippen molar-refractivity contribution in [3.05, 3.63) is 64.8 Å². The lowest BCUT2D eigenvalue weighted by molar-refractivity contribution is -0.139. The fraction of sp³-hybridized carbons (Fsp3) is 0.320. The van der Waals surface area contributed by atoms with Gasteiger partial charge in [-0.15, -0.1) is 4.91 Å². The summed E-state index contributed by atoms with van der Waals surface area (Å²) >= 11 is 0. The number of nitroso groups, excluding NO2 is 1. The average molecular weight is 596 g/mol. The number of halogens is 1. The van der Waals surface area contributed by atoms with Gasteiger partial charge in [0.1, 0.15) is 10.7 Å². The summed E-state index contributed by atoms with van der Waals surface area (Å²) in [5.41, 5.74) is 0.334. The molecule has 0 spiro atoms. The molecule has 0 bridgehead atoms. The number of benzene rings is 3. The fourth-order valence-electron chi connectivity index (χ4n) is 4.71. The van der Waals surface area contributed by atoms with Crippen molar-refractivity contribution in [3.63, 3.8) is 0 Å². The Morgan fingerprint density at radius 2 is 1.68 bits per heavy atom. The maximum Gasteiger partial charge on any atom is 0.298 e. The minimum atomic E-state index is -5.03. The number of hydrogen-bond acceptors (Lipinski definition) is 9. The molecule has 1 amide bonds. The van der Waals surface area contributed by atoms with Crippen molar-refractivity contribution in [1.82, 2.24) is 9.80 Å². The zero-order valence-electron chi connectivity index (χ0n) is 21.4. The van der Waals surface area contributed by atoms with E-state index in [1.54, 1.807) is 17.0 Å². The smallest absolute Gasteiger partial charge is 0.298 e. The lowest BCUT2D eigenvalue weighted by Crippen LogP contribution is -2.58. The number of ether oxygens (including phenoxy) is 1. The summed E-state index contributed by atoms with van der Waals surface area (Å²) in [5.74, 6) is -1.52. The molecule has 15 heteroatoms. The van der Waals surface area contributed by atoms with E-state index in [1.165, 1.54) is 12.1 Å². The maximum atomic E-state index is 13.2. The average Bonchev–Trinajstić information content (AvgIpc) is 2.88. The highest BCUT2D eigenvalue weighted by atomic mass is 32.2. The van der Waals surface area contributed by atoms with E-state index in [0.717, 1.165) is 29.8 Å². The molecule has 214 valence electrons. The summed E-state index contributed by atoms with van der Waals surface area (Å²) in [7, 11) is -9.69. The van der Waals surface area contributed by atoms with Gasteiger partial charge in [0, 0.05) is 37.1 Å². The molecule has 1 aliphatic heterocycles. The molecule has 3 aromatic rings. The summed E-state index contributed by atoms with van der Waals surface area (Å²) in [6.45, 7) is 4.41. The van der Waals surface area contributed by atoms with Crippen LogP contribution in [-0.2, 0) is 31.6 Å². The van der Waals surface area contributed by atoms with E-state index >= 15 is 0 Å². The molecule has 0 aromatic heterocycles. The van der Waals surface area contributed by atoms with E-state index in [0.29, 0.717) is 19.6 Å². The van der Waals surface area contributed by atoms with Crippen molar-refractivity contribution in [2.45, 2.75) is 42.3 Å². The molecular formula is C25H26FN3O9S2. The van der Waals surface area contributed by atoms with Gasteiger partial charge in [0.2, 0.25) is 0 Å². The number of carbonyl (C=O) groups excluding carboxylic acids is 1. The summed E-state index contributed by atoms with van der Waals surface area (Å²) in [6, 6.07) is 9.63. The molecule has 0 saturated carbocycles. The van der Waals surface area contributed by atoms with Crippen molar-refractivity contribution in [2.75, 3.05) is 19.7 Å². The molecule has 0 unspecified atom stereocenters. The molecule has 40 heavy (non-hydrogen) atoms. The van der Waals surface area contributed by atoms with Crippen molar-refractivity contribution in [2.24, 2.45) is 5.18 Å². The summed E-state index contributed by atoms with van der Waals surface area (Å²) < 4.78 is 85.1. The van der Waals surface area contributed by atoms with Crippen LogP contribution in [0.5, 0.6) is 5.75 Å². The standard InChI is InChI=1S/C25H26FN3O9S2/c1-15-12-29(16(2)11-28(15)13-17-3-5-19(26)6-4-17)23(30)14-38-25-22(40(35,36)37)10-18-9-20(39(32,33)34)7-8-21(18)24(25)27-31/h3-10,15-16H,11-14H2,1-2H3,(H,32,33,34)(H,35,36,37)/t15-,16+/m1/s1. The highest BCUT2D eigenvalue weighted by molar-refractivity contribution is 7.86. The molecule has 1 saturated heterocycles. The third-order valence-electron chi connectivity index (χ3n) is 6.74. The van der Waals surface area contributed by atoms with Crippen molar-refractivity contribution < 1.29 is 39.9 Å². The molecule has 4 rings (SSSR count). The zero-order valence-corrected chi connectivity index (χ0v) is 23.0. The molecule has 1 heterocycles. The molecule has 2 N–H and O–H groups in total. The van der Waals surface area contributed by atoms with Crippen molar-refractivity contribution in [1.29, 1.82) is 0 Å². The van der Waals surface area contributed by atoms with Crippen LogP contribution in [-0.4, -0.2) is 73.4 Å². The first-order valence-corrected chi connectivity index (χ1v) is 14.9. The lowest BCUT2D eigenvalue weighted by atomic mass is 10.1. The number of nitrogens with zero attached hydrogens (tertiary/aromatic N) is 3. The largest absolute Gasteiger partial charge is 0.480 e. The highest BCUT2D eigenvalue weighted by Gasteiger charge is 2.33. The number of fused-ring (bicyclic) bond motifs is 1. The second-order valence-electron chi connectivity index (χ2n) is 9.57. The number of rotatable bonds is 8. The van der Waals surface area contributed by atoms with E-state index in [-0.39, 0.29) is 28.7 Å². The summed E-state index contributed by atoms with van der Waals surface area (Å²) in [4.78, 5) is 27.1. The summed E-state index contributed by atoms with van der Waals surface area (Å²) in [5, 5.41) is 2.64. The second kappa shape index (κ2) is 11.2. The first-order valence-electron chi connectivity index (χ1n) is 12.0. The van der Waals surface area contributed by atoms with E-state index in [2.05, 4.69) is 10.1 Å². The Morgan fingerprint density at radius 1 is 1.00 bits per heavy atom. The molecule has 1 fully saturated rings. The molecule has 0 radical (unpaired) electrons. The van der Waals surface area contributed by atoms with E-state index in [1.807, 2.05) is 13.8 Å². The number of piperazine rings is 1. The predicted molar refractivity (Wildman–Crippen MR) is 142 cm³/mol. The molecule has 3 aromatic carbocycles. The fourth-order valence-corrected chi connectivity index (χ4v) is 5.89. The minimum Gasteiger partial charge on any atom is -0.480 e. The number of carbonyl (C=O) groups is 1. The maximum absolute atomic E-state index is 13.2. The monoisotopic (exact) mass is 595 g/mol. The highest BCUT2D eigenvalue weighted by Crippen LogP contribution is 2.42. The van der Waals surface area contributed by atoms with Crippen LogP contribution in [0.3, 0.4) is 0 Å². The van der Waals surface area contributed by atoms with Crippen LogP contribution in [0.4, 0.5) is 10.1 Å². The molecule has 0 aliphatic carbocycles. The number of amides is 1. The topological polar surface area (TPSA) is 171 Å². The van der Waals surface area contributed by atoms with Gasteiger partial charge in [0.05, 0.1) is 4.90 Å². The van der Waals surface area contributed by atoms with Gasteiger partial charge in [-0.05, 0) is 60.3 Å². The Balaban J connectivity index is 1.57. The van der Waals surface area contributed by atoms with Crippen LogP contribution in [0, 0.1) is 10.7 Å². The Kier molecular flexibility index (Phi) is 8.23. The van der Waals surface area contributed by atoms with Gasteiger partial charge in [-0.2, -0.15) is 16.8 Å². The van der Waals surface area contributed by atoms with Gasteiger partial charge >= 0.3 is 0 Å². The van der Waals surface area contributed by atoms with Crippen LogP contribution in [0.15, 0.2) is 63.5 Å². The Hall–Kier alpha value is -3.50. The Labute approximate surface area is 229 Å². The van der Waals surface area contributed by atoms with Gasteiger partial charge in [-0.1, -0.05) is 18.2 Å². The first kappa shape index (κ1) is 29.5. The normalized spacial score (nSPS) is 18.6. The molecule has 1 aliphatic rings. The van der Waals surface area contributed by atoms with Gasteiger partial charge in [0.25, 0.3) is 26.1 Å².